The predicted octanol–water partition coefficient (Wildman–Crippen LogP) is 3.01. The van der Waals surface area contributed by atoms with Crippen molar-refractivity contribution in [3.8, 4) is 11.1 Å². The van der Waals surface area contributed by atoms with Gasteiger partial charge in [-0.3, -0.25) is 20.0 Å². The van der Waals surface area contributed by atoms with Crippen molar-refractivity contribution in [2.24, 2.45) is 5.92 Å². The third-order valence-electron chi connectivity index (χ3n) is 5.61. The molecule has 0 radical (unpaired) electrons. The Morgan fingerprint density at radius 1 is 1.09 bits per heavy atom. The molecule has 4 rings (SSSR count). The Morgan fingerprint density at radius 3 is 2.33 bits per heavy atom. The van der Waals surface area contributed by atoms with Gasteiger partial charge in [0.1, 0.15) is 6.61 Å². The summed E-state index contributed by atoms with van der Waals surface area (Å²) in [7, 11) is 0. The molecule has 0 aliphatic heterocycles. The first-order chi connectivity index (χ1) is 16.0. The van der Waals surface area contributed by atoms with E-state index in [1.807, 2.05) is 48.5 Å². The molecule has 1 heterocycles. The third kappa shape index (κ3) is 4.69. The van der Waals surface area contributed by atoms with E-state index >= 15 is 0 Å². The average Bonchev–Trinajstić information content (AvgIpc) is 3.40. The molecule has 0 fully saturated rings. The second-order valence-electron chi connectivity index (χ2n) is 7.61. The van der Waals surface area contributed by atoms with Crippen LogP contribution in [0.5, 0.6) is 0 Å². The van der Waals surface area contributed by atoms with Crippen LogP contribution in [-0.4, -0.2) is 51.4 Å². The van der Waals surface area contributed by atoms with Crippen LogP contribution in [0.2, 0.25) is 0 Å². The van der Waals surface area contributed by atoms with Gasteiger partial charge in [0.25, 0.3) is 11.9 Å². The van der Waals surface area contributed by atoms with Crippen molar-refractivity contribution in [1.82, 2.24) is 20.5 Å². The smallest absolute Gasteiger partial charge is 0.414 e. The molecule has 4 N–H and O–H groups in total. The normalized spacial score (nSPS) is 13.0. The third-order valence-corrected chi connectivity index (χ3v) is 5.61. The molecule has 1 aliphatic carbocycles. The number of aliphatic carboxylic acids is 1. The minimum absolute atomic E-state index is 0.0412. The molecule has 0 spiro atoms. The van der Waals surface area contributed by atoms with Crippen LogP contribution >= 0.6 is 0 Å². The second-order valence-corrected chi connectivity index (χ2v) is 7.61. The van der Waals surface area contributed by atoms with Crippen molar-refractivity contribution in [2.75, 3.05) is 18.5 Å². The van der Waals surface area contributed by atoms with Gasteiger partial charge in [-0.1, -0.05) is 55.5 Å². The number of carboxylic acid groups (broad SMARTS) is 1. The fourth-order valence-electron chi connectivity index (χ4n) is 3.85. The van der Waals surface area contributed by atoms with Gasteiger partial charge in [0, 0.05) is 12.5 Å². The maximum absolute atomic E-state index is 12.3. The summed E-state index contributed by atoms with van der Waals surface area (Å²) in [5, 5.41) is 20.1. The van der Waals surface area contributed by atoms with Crippen LogP contribution in [0.4, 0.5) is 10.7 Å². The number of rotatable bonds is 8. The molecule has 170 valence electrons. The summed E-state index contributed by atoms with van der Waals surface area (Å²) in [6, 6.07) is 16.0. The molecule has 1 atom stereocenters. The Labute approximate surface area is 189 Å². The van der Waals surface area contributed by atoms with Gasteiger partial charge in [0.05, 0.1) is 5.92 Å². The molecular weight excluding hydrogens is 426 g/mol. The number of amides is 2. The highest BCUT2D eigenvalue weighted by atomic mass is 16.5. The molecule has 2 aromatic carbocycles. The summed E-state index contributed by atoms with van der Waals surface area (Å²) in [6.45, 7) is 1.81. The summed E-state index contributed by atoms with van der Waals surface area (Å²) in [6.07, 6.45) is -0.375. The Balaban J connectivity index is 1.34. The summed E-state index contributed by atoms with van der Waals surface area (Å²) < 4.78 is 5.42. The number of nitrogens with zero attached hydrogens (tertiary/aromatic N) is 2. The molecule has 3 aromatic rings. The van der Waals surface area contributed by atoms with Gasteiger partial charge in [-0.2, -0.15) is 4.98 Å². The molecule has 10 nitrogen and oxygen atoms in total. The Bertz CT molecular complexity index is 1150. The number of carboxylic acids is 1. The van der Waals surface area contributed by atoms with E-state index in [4.69, 9.17) is 9.84 Å². The molecule has 1 unspecified atom stereocenters. The number of hydrogen-bond acceptors (Lipinski definition) is 6. The second kappa shape index (κ2) is 9.51. The average molecular weight is 449 g/mol. The molecule has 0 saturated carbocycles. The zero-order chi connectivity index (χ0) is 23.4. The lowest BCUT2D eigenvalue weighted by atomic mass is 9.98. The Hall–Kier alpha value is -4.21. The Kier molecular flexibility index (Phi) is 6.34. The van der Waals surface area contributed by atoms with Gasteiger partial charge >= 0.3 is 12.1 Å². The zero-order valence-corrected chi connectivity index (χ0v) is 17.9. The van der Waals surface area contributed by atoms with Crippen LogP contribution < -0.4 is 10.6 Å². The number of ether oxygens (including phenoxy) is 1. The molecule has 2 amide bonds. The highest BCUT2D eigenvalue weighted by molar-refractivity contribution is 5.91. The molecular formula is C23H23N5O5. The van der Waals surface area contributed by atoms with Crippen molar-refractivity contribution >= 4 is 23.9 Å². The van der Waals surface area contributed by atoms with Gasteiger partial charge in [0.15, 0.2) is 0 Å². The summed E-state index contributed by atoms with van der Waals surface area (Å²) >= 11 is 0. The van der Waals surface area contributed by atoms with Crippen LogP contribution in [0.15, 0.2) is 48.5 Å². The number of H-pyrrole nitrogens is 1. The molecule has 10 heteroatoms. The summed E-state index contributed by atoms with van der Waals surface area (Å²) in [5.74, 6) is -2.67. The SMILES string of the molecule is CCC(CNC(=O)c1nc(NC(=O)OCC2c3ccccc3-c3ccccc32)n[nH]1)C(=O)O. The standard InChI is InChI=1S/C23H23N5O5/c1-2-13(21(30)31)11-24-20(29)19-25-22(28-27-19)26-23(32)33-12-18-16-9-5-3-7-14(16)15-8-4-6-10-17(15)18/h3-10,13,18H,2,11-12H2,1H3,(H,24,29)(H,30,31)(H2,25,26,27,28,32). The molecule has 33 heavy (non-hydrogen) atoms. The lowest BCUT2D eigenvalue weighted by molar-refractivity contribution is -0.141. The molecule has 1 aromatic heterocycles. The lowest BCUT2D eigenvalue weighted by Crippen LogP contribution is -2.33. The van der Waals surface area contributed by atoms with Crippen molar-refractivity contribution < 1.29 is 24.2 Å². The minimum Gasteiger partial charge on any atom is -0.481 e. The van der Waals surface area contributed by atoms with E-state index in [0.717, 1.165) is 22.3 Å². The van der Waals surface area contributed by atoms with Crippen LogP contribution in [0.25, 0.3) is 11.1 Å². The van der Waals surface area contributed by atoms with Crippen LogP contribution in [0.1, 0.15) is 41.0 Å². The number of anilines is 1. The van der Waals surface area contributed by atoms with E-state index in [1.54, 1.807) is 6.92 Å². The van der Waals surface area contributed by atoms with E-state index in [1.165, 1.54) is 0 Å². The van der Waals surface area contributed by atoms with E-state index < -0.39 is 23.9 Å². The predicted molar refractivity (Wildman–Crippen MR) is 119 cm³/mol. The quantitative estimate of drug-likeness (QED) is 0.413. The monoisotopic (exact) mass is 449 g/mol. The zero-order valence-electron chi connectivity index (χ0n) is 17.9. The van der Waals surface area contributed by atoms with Gasteiger partial charge in [0.2, 0.25) is 5.82 Å². The fraction of sp³-hybridized carbons (Fsp3) is 0.261. The van der Waals surface area contributed by atoms with Crippen molar-refractivity contribution in [2.45, 2.75) is 19.3 Å². The number of aromatic amines is 1. The van der Waals surface area contributed by atoms with Crippen molar-refractivity contribution in [3.63, 3.8) is 0 Å². The topological polar surface area (TPSA) is 146 Å². The van der Waals surface area contributed by atoms with E-state index in [-0.39, 0.29) is 30.8 Å². The first-order valence-corrected chi connectivity index (χ1v) is 10.5. The largest absolute Gasteiger partial charge is 0.481 e. The van der Waals surface area contributed by atoms with Crippen LogP contribution in [-0.2, 0) is 9.53 Å². The first kappa shape index (κ1) is 22.0. The molecule has 0 bridgehead atoms. The number of carbonyl (C=O) groups is 3. The number of carbonyl (C=O) groups excluding carboxylic acids is 2. The van der Waals surface area contributed by atoms with E-state index in [9.17, 15) is 14.4 Å². The Morgan fingerprint density at radius 2 is 1.73 bits per heavy atom. The number of benzene rings is 2. The highest BCUT2D eigenvalue weighted by Crippen LogP contribution is 2.44. The number of hydrogen-bond donors (Lipinski definition) is 4. The number of aromatic nitrogens is 3. The minimum atomic E-state index is -0.993. The number of fused-ring (bicyclic) bond motifs is 3. The van der Waals surface area contributed by atoms with Crippen LogP contribution in [0.3, 0.4) is 0 Å². The van der Waals surface area contributed by atoms with Gasteiger partial charge in [-0.05, 0) is 28.7 Å². The van der Waals surface area contributed by atoms with Gasteiger partial charge < -0.3 is 15.2 Å². The van der Waals surface area contributed by atoms with Crippen molar-refractivity contribution in [1.29, 1.82) is 0 Å². The van der Waals surface area contributed by atoms with Crippen LogP contribution in [0, 0.1) is 5.92 Å². The maximum Gasteiger partial charge on any atom is 0.414 e. The summed E-state index contributed by atoms with van der Waals surface area (Å²) in [5.41, 5.74) is 4.44. The van der Waals surface area contributed by atoms with Gasteiger partial charge in [-0.25, -0.2) is 4.79 Å². The van der Waals surface area contributed by atoms with Crippen molar-refractivity contribution in [3.05, 3.63) is 65.5 Å². The first-order valence-electron chi connectivity index (χ1n) is 10.5. The summed E-state index contributed by atoms with van der Waals surface area (Å²) in [4.78, 5) is 39.4. The van der Waals surface area contributed by atoms with E-state index in [2.05, 4.69) is 25.8 Å². The molecule has 0 saturated heterocycles. The molecule has 1 aliphatic rings. The van der Waals surface area contributed by atoms with E-state index in [0.29, 0.717) is 6.42 Å². The fourth-order valence-corrected chi connectivity index (χ4v) is 3.85. The maximum atomic E-state index is 12.3. The van der Waals surface area contributed by atoms with Gasteiger partial charge in [-0.15, -0.1) is 5.10 Å². The lowest BCUT2D eigenvalue weighted by Gasteiger charge is -2.13. The highest BCUT2D eigenvalue weighted by Gasteiger charge is 2.29. The number of nitrogens with one attached hydrogen (secondary N) is 3.